The summed E-state index contributed by atoms with van der Waals surface area (Å²) in [7, 11) is 0. The Morgan fingerprint density at radius 3 is 2.00 bits per heavy atom. The quantitative estimate of drug-likeness (QED) is 0.512. The minimum Gasteiger partial charge on any atom is -0.485 e. The van der Waals surface area contributed by atoms with Gasteiger partial charge in [0.05, 0.1) is 13.2 Å². The zero-order chi connectivity index (χ0) is 25.7. The highest BCUT2D eigenvalue weighted by atomic mass is 16.6. The van der Waals surface area contributed by atoms with Gasteiger partial charge in [-0.2, -0.15) is 4.90 Å². The highest BCUT2D eigenvalue weighted by Crippen LogP contribution is 2.22. The number of aliphatic hydroxyl groups is 1. The first-order valence-electron chi connectivity index (χ1n) is 11.1. The Kier molecular flexibility index (Phi) is 8.90. The van der Waals surface area contributed by atoms with E-state index in [1.165, 1.54) is 6.92 Å². The SMILES string of the molecule is CC1OC(=O)C(N(C(=O)OC(C)(C)C)C(=O)OC(C)(C)C)COCC(Oc2ccccc2)C1O. The summed E-state index contributed by atoms with van der Waals surface area (Å²) in [5.41, 5.74) is -1.89. The van der Waals surface area contributed by atoms with Crippen molar-refractivity contribution in [2.45, 2.75) is 84.0 Å². The second kappa shape index (κ2) is 11.1. The molecule has 1 aromatic carbocycles. The fourth-order valence-electron chi connectivity index (χ4n) is 3.00. The molecule has 0 radical (unpaired) electrons. The summed E-state index contributed by atoms with van der Waals surface area (Å²) >= 11 is 0. The third-order valence-corrected chi connectivity index (χ3v) is 4.52. The predicted molar refractivity (Wildman–Crippen MR) is 121 cm³/mol. The van der Waals surface area contributed by atoms with Crippen molar-refractivity contribution >= 4 is 18.2 Å². The first-order valence-corrected chi connectivity index (χ1v) is 11.1. The average Bonchev–Trinajstić information content (AvgIpc) is 2.73. The average molecular weight is 482 g/mol. The second-order valence-electron chi connectivity index (χ2n) is 9.99. The lowest BCUT2D eigenvalue weighted by Crippen LogP contribution is -2.54. The summed E-state index contributed by atoms with van der Waals surface area (Å²) in [6.45, 7) is 10.7. The molecule has 1 aliphatic rings. The largest absolute Gasteiger partial charge is 0.485 e. The molecular weight excluding hydrogens is 446 g/mol. The van der Waals surface area contributed by atoms with Crippen LogP contribution in [0, 0.1) is 0 Å². The number of cyclic esters (lactones) is 1. The molecule has 1 aliphatic heterocycles. The van der Waals surface area contributed by atoms with Gasteiger partial charge in [-0.3, -0.25) is 0 Å². The molecule has 2 rings (SSSR count). The van der Waals surface area contributed by atoms with Crippen molar-refractivity contribution in [1.29, 1.82) is 0 Å². The van der Waals surface area contributed by atoms with Crippen LogP contribution >= 0.6 is 0 Å². The molecule has 1 aromatic rings. The third-order valence-electron chi connectivity index (χ3n) is 4.52. The molecule has 1 heterocycles. The Bertz CT molecular complexity index is 816. The van der Waals surface area contributed by atoms with E-state index in [0.717, 1.165) is 0 Å². The van der Waals surface area contributed by atoms with Crippen LogP contribution in [-0.4, -0.2) is 76.9 Å². The maximum absolute atomic E-state index is 13.0. The van der Waals surface area contributed by atoms with Gasteiger partial charge in [0.1, 0.15) is 29.2 Å². The lowest BCUT2D eigenvalue weighted by Gasteiger charge is -2.32. The monoisotopic (exact) mass is 481 g/mol. The highest BCUT2D eigenvalue weighted by Gasteiger charge is 2.44. The van der Waals surface area contributed by atoms with E-state index in [2.05, 4.69) is 0 Å². The smallest absolute Gasteiger partial charge is 0.420 e. The van der Waals surface area contributed by atoms with Crippen molar-refractivity contribution in [3.8, 4) is 5.75 Å². The van der Waals surface area contributed by atoms with Gasteiger partial charge in [-0.1, -0.05) is 18.2 Å². The van der Waals surface area contributed by atoms with Crippen LogP contribution in [-0.2, 0) is 23.7 Å². The molecule has 1 saturated heterocycles. The Morgan fingerprint density at radius 1 is 0.971 bits per heavy atom. The zero-order valence-electron chi connectivity index (χ0n) is 20.8. The maximum Gasteiger partial charge on any atom is 0.420 e. The van der Waals surface area contributed by atoms with Crippen LogP contribution in [0.15, 0.2) is 30.3 Å². The van der Waals surface area contributed by atoms with E-state index < -0.39 is 60.3 Å². The normalized spacial score (nSPS) is 24.1. The second-order valence-corrected chi connectivity index (χ2v) is 9.99. The molecule has 10 heteroatoms. The summed E-state index contributed by atoms with van der Waals surface area (Å²) < 4.78 is 27.5. The summed E-state index contributed by atoms with van der Waals surface area (Å²) in [6.07, 6.45) is -5.31. The van der Waals surface area contributed by atoms with Gasteiger partial charge in [-0.05, 0) is 60.6 Å². The molecule has 1 N–H and O–H groups in total. The molecule has 0 saturated carbocycles. The van der Waals surface area contributed by atoms with E-state index in [1.807, 2.05) is 6.07 Å². The molecule has 1 fully saturated rings. The van der Waals surface area contributed by atoms with E-state index in [9.17, 15) is 19.5 Å². The van der Waals surface area contributed by atoms with Crippen LogP contribution in [0.1, 0.15) is 48.5 Å². The molecule has 10 nitrogen and oxygen atoms in total. The summed E-state index contributed by atoms with van der Waals surface area (Å²) in [4.78, 5) is 39.4. The first-order chi connectivity index (χ1) is 15.7. The highest BCUT2D eigenvalue weighted by molar-refractivity contribution is 5.94. The van der Waals surface area contributed by atoms with Crippen molar-refractivity contribution in [2.24, 2.45) is 0 Å². The number of benzene rings is 1. The van der Waals surface area contributed by atoms with E-state index >= 15 is 0 Å². The Labute approximate surface area is 200 Å². The number of aliphatic hydroxyl groups excluding tert-OH is 1. The van der Waals surface area contributed by atoms with Gasteiger partial charge in [-0.15, -0.1) is 0 Å². The number of carbonyl (C=O) groups is 3. The van der Waals surface area contributed by atoms with Crippen LogP contribution in [0.4, 0.5) is 9.59 Å². The summed E-state index contributed by atoms with van der Waals surface area (Å²) in [6, 6.07) is 7.29. The summed E-state index contributed by atoms with van der Waals surface area (Å²) in [5.74, 6) is -0.461. The van der Waals surface area contributed by atoms with Crippen molar-refractivity contribution in [3.63, 3.8) is 0 Å². The van der Waals surface area contributed by atoms with Crippen LogP contribution in [0.2, 0.25) is 0 Å². The van der Waals surface area contributed by atoms with Crippen LogP contribution in [0.5, 0.6) is 5.75 Å². The lowest BCUT2D eigenvalue weighted by molar-refractivity contribution is -0.161. The number of ether oxygens (including phenoxy) is 5. The Balaban J connectivity index is 2.31. The molecule has 190 valence electrons. The van der Waals surface area contributed by atoms with Gasteiger partial charge in [0, 0.05) is 0 Å². The maximum atomic E-state index is 13.0. The number of amides is 2. The van der Waals surface area contributed by atoms with Crippen molar-refractivity contribution in [1.82, 2.24) is 4.90 Å². The van der Waals surface area contributed by atoms with E-state index in [4.69, 9.17) is 23.7 Å². The number of hydrogen-bond donors (Lipinski definition) is 1. The molecule has 0 aromatic heterocycles. The molecule has 4 atom stereocenters. The van der Waals surface area contributed by atoms with Crippen molar-refractivity contribution in [2.75, 3.05) is 13.2 Å². The number of carbonyl (C=O) groups excluding carboxylic acids is 3. The zero-order valence-corrected chi connectivity index (χ0v) is 20.8. The van der Waals surface area contributed by atoms with Crippen LogP contribution < -0.4 is 4.74 Å². The van der Waals surface area contributed by atoms with Gasteiger partial charge in [0.25, 0.3) is 0 Å². The Hall–Kier alpha value is -2.85. The third kappa shape index (κ3) is 8.18. The number of esters is 1. The lowest BCUT2D eigenvalue weighted by atomic mass is 10.1. The Morgan fingerprint density at radius 2 is 1.50 bits per heavy atom. The van der Waals surface area contributed by atoms with Gasteiger partial charge < -0.3 is 28.8 Å². The fraction of sp³-hybridized carbons (Fsp3) is 0.625. The van der Waals surface area contributed by atoms with Gasteiger partial charge in [0.15, 0.2) is 12.1 Å². The first kappa shape index (κ1) is 27.4. The standard InChI is InChI=1S/C24H35NO9/c1-15-19(26)18(32-16-11-9-8-10-12-16)14-30-13-17(20(27)31-15)25(21(28)33-23(2,3)4)22(29)34-24(5,6)7/h8-12,15,17-19,26H,13-14H2,1-7H3. The van der Waals surface area contributed by atoms with Crippen LogP contribution in [0.3, 0.4) is 0 Å². The van der Waals surface area contributed by atoms with Gasteiger partial charge >= 0.3 is 18.2 Å². The molecule has 2 amide bonds. The number of imide groups is 1. The number of hydrogen-bond acceptors (Lipinski definition) is 9. The molecule has 34 heavy (non-hydrogen) atoms. The van der Waals surface area contributed by atoms with E-state index in [-0.39, 0.29) is 6.61 Å². The topological polar surface area (TPSA) is 121 Å². The predicted octanol–water partition coefficient (Wildman–Crippen LogP) is 3.30. The van der Waals surface area contributed by atoms with Crippen molar-refractivity contribution in [3.05, 3.63) is 30.3 Å². The summed E-state index contributed by atoms with van der Waals surface area (Å²) in [5, 5.41) is 10.7. The fourth-order valence-corrected chi connectivity index (χ4v) is 3.00. The van der Waals surface area contributed by atoms with Gasteiger partial charge in [-0.25, -0.2) is 14.4 Å². The molecule has 0 spiro atoms. The van der Waals surface area contributed by atoms with Gasteiger partial charge in [0.2, 0.25) is 0 Å². The minimum atomic E-state index is -1.50. The molecular formula is C24H35NO9. The van der Waals surface area contributed by atoms with E-state index in [0.29, 0.717) is 10.6 Å². The number of rotatable bonds is 3. The number of para-hydroxylation sites is 1. The minimum absolute atomic E-state index is 0.135. The van der Waals surface area contributed by atoms with Crippen LogP contribution in [0.25, 0.3) is 0 Å². The van der Waals surface area contributed by atoms with E-state index in [1.54, 1.807) is 65.8 Å². The molecule has 0 aliphatic carbocycles. The molecule has 4 unspecified atom stereocenters. The van der Waals surface area contributed by atoms with Crippen molar-refractivity contribution < 1.29 is 43.2 Å². The molecule has 0 bridgehead atoms. The number of nitrogens with zero attached hydrogens (tertiary/aromatic N) is 1.